The van der Waals surface area contributed by atoms with Crippen LogP contribution in [0.1, 0.15) is 39.5 Å². The van der Waals surface area contributed by atoms with Crippen LogP contribution in [0.5, 0.6) is 0 Å². The SMILES string of the molecule is CC[C@@H]1C[C@](CN)(CC(=O)O)C[C@@H]1C. The molecule has 0 radical (unpaired) electrons. The molecular formula is C11H21NO2. The monoisotopic (exact) mass is 199 g/mol. The fraction of sp³-hybridized carbons (Fsp3) is 0.909. The van der Waals surface area contributed by atoms with Crippen LogP contribution < -0.4 is 5.73 Å². The van der Waals surface area contributed by atoms with Crippen molar-refractivity contribution in [2.75, 3.05) is 6.54 Å². The average Bonchev–Trinajstić information content (AvgIpc) is 2.42. The molecule has 0 heterocycles. The molecule has 0 saturated heterocycles. The van der Waals surface area contributed by atoms with E-state index in [1.165, 1.54) is 0 Å². The molecule has 1 aliphatic carbocycles. The van der Waals surface area contributed by atoms with Crippen LogP contribution in [0.25, 0.3) is 0 Å². The first kappa shape index (κ1) is 11.5. The summed E-state index contributed by atoms with van der Waals surface area (Å²) >= 11 is 0. The number of carboxylic acid groups (broad SMARTS) is 1. The van der Waals surface area contributed by atoms with Crippen molar-refractivity contribution in [3.05, 3.63) is 0 Å². The smallest absolute Gasteiger partial charge is 0.303 e. The van der Waals surface area contributed by atoms with Crippen LogP contribution in [-0.4, -0.2) is 17.6 Å². The van der Waals surface area contributed by atoms with Gasteiger partial charge in [-0.25, -0.2) is 0 Å². The molecule has 3 heteroatoms. The second kappa shape index (κ2) is 4.30. The summed E-state index contributed by atoms with van der Waals surface area (Å²) in [6.07, 6.45) is 3.36. The minimum absolute atomic E-state index is 0.119. The van der Waals surface area contributed by atoms with Crippen molar-refractivity contribution < 1.29 is 9.90 Å². The topological polar surface area (TPSA) is 63.3 Å². The Balaban J connectivity index is 2.68. The van der Waals surface area contributed by atoms with Crippen LogP contribution in [0.3, 0.4) is 0 Å². The maximum Gasteiger partial charge on any atom is 0.303 e. The van der Waals surface area contributed by atoms with Gasteiger partial charge in [0.15, 0.2) is 0 Å². The van der Waals surface area contributed by atoms with Crippen LogP contribution in [0.4, 0.5) is 0 Å². The second-order valence-corrected chi connectivity index (χ2v) is 4.83. The molecule has 82 valence electrons. The van der Waals surface area contributed by atoms with Crippen LogP contribution in [0.2, 0.25) is 0 Å². The lowest BCUT2D eigenvalue weighted by molar-refractivity contribution is -0.139. The van der Waals surface area contributed by atoms with Crippen LogP contribution in [0.15, 0.2) is 0 Å². The number of hydrogen-bond donors (Lipinski definition) is 2. The largest absolute Gasteiger partial charge is 0.481 e. The highest BCUT2D eigenvalue weighted by Gasteiger charge is 2.42. The molecule has 0 aromatic heterocycles. The number of nitrogens with two attached hydrogens (primary N) is 1. The zero-order valence-electron chi connectivity index (χ0n) is 9.12. The van der Waals surface area contributed by atoms with Crippen molar-refractivity contribution in [3.63, 3.8) is 0 Å². The molecule has 1 fully saturated rings. The molecule has 1 aliphatic rings. The highest BCUT2D eigenvalue weighted by molar-refractivity contribution is 5.67. The number of aliphatic carboxylic acids is 1. The molecule has 3 N–H and O–H groups in total. The number of carbonyl (C=O) groups is 1. The van der Waals surface area contributed by atoms with Gasteiger partial charge in [0.05, 0.1) is 6.42 Å². The van der Waals surface area contributed by atoms with Crippen molar-refractivity contribution in [3.8, 4) is 0 Å². The van der Waals surface area contributed by atoms with Gasteiger partial charge >= 0.3 is 5.97 Å². The molecule has 0 amide bonds. The third-order valence-corrected chi connectivity index (χ3v) is 3.74. The summed E-state index contributed by atoms with van der Waals surface area (Å²) in [4.78, 5) is 10.8. The molecule has 0 aromatic carbocycles. The number of rotatable bonds is 4. The Morgan fingerprint density at radius 2 is 2.21 bits per heavy atom. The summed E-state index contributed by atoms with van der Waals surface area (Å²) in [6, 6.07) is 0. The molecule has 0 spiro atoms. The predicted octanol–water partition coefficient (Wildman–Crippen LogP) is 1.86. The van der Waals surface area contributed by atoms with E-state index in [1.807, 2.05) is 0 Å². The van der Waals surface area contributed by atoms with Gasteiger partial charge in [-0.3, -0.25) is 4.79 Å². The van der Waals surface area contributed by atoms with E-state index in [4.69, 9.17) is 10.8 Å². The maximum absolute atomic E-state index is 10.8. The lowest BCUT2D eigenvalue weighted by Gasteiger charge is -2.25. The van der Waals surface area contributed by atoms with Crippen molar-refractivity contribution in [2.24, 2.45) is 23.0 Å². The van der Waals surface area contributed by atoms with Gasteiger partial charge in [-0.15, -0.1) is 0 Å². The van der Waals surface area contributed by atoms with E-state index in [9.17, 15) is 4.79 Å². The Bertz CT molecular complexity index is 217. The highest BCUT2D eigenvalue weighted by Crippen LogP contribution is 2.48. The first-order valence-corrected chi connectivity index (χ1v) is 5.45. The fourth-order valence-electron chi connectivity index (χ4n) is 2.94. The quantitative estimate of drug-likeness (QED) is 0.726. The third-order valence-electron chi connectivity index (χ3n) is 3.74. The molecule has 3 atom stereocenters. The summed E-state index contributed by atoms with van der Waals surface area (Å²) in [5, 5.41) is 8.86. The molecule has 0 aliphatic heterocycles. The lowest BCUT2D eigenvalue weighted by Crippen LogP contribution is -2.30. The molecule has 14 heavy (non-hydrogen) atoms. The molecule has 0 bridgehead atoms. The van der Waals surface area contributed by atoms with E-state index in [-0.39, 0.29) is 11.8 Å². The van der Waals surface area contributed by atoms with Gasteiger partial charge in [0.2, 0.25) is 0 Å². The minimum Gasteiger partial charge on any atom is -0.481 e. The normalized spacial score (nSPS) is 37.4. The van der Waals surface area contributed by atoms with E-state index in [2.05, 4.69) is 13.8 Å². The molecule has 3 nitrogen and oxygen atoms in total. The van der Waals surface area contributed by atoms with Gasteiger partial charge in [0, 0.05) is 0 Å². The van der Waals surface area contributed by atoms with Crippen LogP contribution >= 0.6 is 0 Å². The van der Waals surface area contributed by atoms with Gasteiger partial charge < -0.3 is 10.8 Å². The molecule has 0 unspecified atom stereocenters. The van der Waals surface area contributed by atoms with E-state index in [0.717, 1.165) is 19.3 Å². The van der Waals surface area contributed by atoms with Gasteiger partial charge in [-0.1, -0.05) is 20.3 Å². The lowest BCUT2D eigenvalue weighted by atomic mass is 9.81. The number of hydrogen-bond acceptors (Lipinski definition) is 2. The Labute approximate surface area is 85.7 Å². The summed E-state index contributed by atoms with van der Waals surface area (Å²) < 4.78 is 0. The predicted molar refractivity (Wildman–Crippen MR) is 55.9 cm³/mol. The summed E-state index contributed by atoms with van der Waals surface area (Å²) in [7, 11) is 0. The van der Waals surface area contributed by atoms with Crippen LogP contribution in [0, 0.1) is 17.3 Å². The van der Waals surface area contributed by atoms with Gasteiger partial charge in [0.25, 0.3) is 0 Å². The van der Waals surface area contributed by atoms with Crippen molar-refractivity contribution in [1.29, 1.82) is 0 Å². The second-order valence-electron chi connectivity index (χ2n) is 4.83. The average molecular weight is 199 g/mol. The summed E-state index contributed by atoms with van der Waals surface area (Å²) in [5.41, 5.74) is 5.61. The fourth-order valence-corrected chi connectivity index (χ4v) is 2.94. The van der Waals surface area contributed by atoms with E-state index in [1.54, 1.807) is 0 Å². The summed E-state index contributed by atoms with van der Waals surface area (Å²) in [6.45, 7) is 4.90. The zero-order chi connectivity index (χ0) is 10.8. The number of carboxylic acids is 1. The Morgan fingerprint density at radius 1 is 1.57 bits per heavy atom. The molecule has 1 rings (SSSR count). The van der Waals surface area contributed by atoms with Gasteiger partial charge in [-0.05, 0) is 36.6 Å². The molecule has 1 saturated carbocycles. The Hall–Kier alpha value is -0.570. The van der Waals surface area contributed by atoms with Crippen molar-refractivity contribution in [1.82, 2.24) is 0 Å². The first-order valence-electron chi connectivity index (χ1n) is 5.45. The van der Waals surface area contributed by atoms with Gasteiger partial charge in [0.1, 0.15) is 0 Å². The molecular weight excluding hydrogens is 178 g/mol. The highest BCUT2D eigenvalue weighted by atomic mass is 16.4. The minimum atomic E-state index is -0.709. The maximum atomic E-state index is 10.8. The Morgan fingerprint density at radius 3 is 2.57 bits per heavy atom. The van der Waals surface area contributed by atoms with E-state index >= 15 is 0 Å². The third kappa shape index (κ3) is 2.27. The van der Waals surface area contributed by atoms with E-state index < -0.39 is 5.97 Å². The Kier molecular flexibility index (Phi) is 3.53. The van der Waals surface area contributed by atoms with Gasteiger partial charge in [-0.2, -0.15) is 0 Å². The summed E-state index contributed by atoms with van der Waals surface area (Å²) in [5.74, 6) is 0.584. The zero-order valence-corrected chi connectivity index (χ0v) is 9.12. The first-order chi connectivity index (χ1) is 6.53. The molecule has 0 aromatic rings. The van der Waals surface area contributed by atoms with E-state index in [0.29, 0.717) is 18.4 Å². The van der Waals surface area contributed by atoms with Crippen LogP contribution in [-0.2, 0) is 4.79 Å². The van der Waals surface area contributed by atoms with Crippen molar-refractivity contribution >= 4 is 5.97 Å². The van der Waals surface area contributed by atoms with Crippen molar-refractivity contribution in [2.45, 2.75) is 39.5 Å². The standard InChI is InChI=1S/C11H21NO2/c1-3-9-5-11(7-12,4-8(9)2)6-10(13)14/h8-9H,3-7,12H2,1-2H3,(H,13,14)/t8-,9+,11-/m0/s1.